The van der Waals surface area contributed by atoms with Crippen molar-refractivity contribution in [3.63, 3.8) is 0 Å². The number of anilines is 1. The molecule has 1 aromatic carbocycles. The van der Waals surface area contributed by atoms with Crippen LogP contribution in [0, 0.1) is 6.92 Å². The van der Waals surface area contributed by atoms with E-state index in [4.69, 9.17) is 11.6 Å². The third-order valence-corrected chi connectivity index (χ3v) is 1.79. The number of hydrogen-bond acceptors (Lipinski definition) is 2. The topological polar surface area (TPSA) is 24.1 Å². The summed E-state index contributed by atoms with van der Waals surface area (Å²) in [5.74, 6) is 0. The molecule has 60 valence electrons. The number of halogens is 1. The van der Waals surface area contributed by atoms with Gasteiger partial charge < -0.3 is 5.43 Å². The molecule has 2 N–H and O–H groups in total. The second-order valence-corrected chi connectivity index (χ2v) is 2.71. The highest BCUT2D eigenvalue weighted by molar-refractivity contribution is 6.33. The Morgan fingerprint density at radius 2 is 2.09 bits per heavy atom. The molecule has 0 radical (unpaired) electrons. The predicted octanol–water partition coefficient (Wildman–Crippen LogP) is 2.19. The first-order chi connectivity index (χ1) is 5.25. The van der Waals surface area contributed by atoms with Crippen molar-refractivity contribution < 1.29 is 0 Å². The summed E-state index contributed by atoms with van der Waals surface area (Å²) in [6, 6.07) is 5.79. The second-order valence-electron chi connectivity index (χ2n) is 2.31. The molecular formula is C8H11ClN2. The molecule has 11 heavy (non-hydrogen) atoms. The number of rotatable bonds is 2. The van der Waals surface area contributed by atoms with Gasteiger partial charge in [0.2, 0.25) is 0 Å². The van der Waals surface area contributed by atoms with Crippen LogP contribution in [-0.2, 0) is 0 Å². The van der Waals surface area contributed by atoms with E-state index >= 15 is 0 Å². The molecule has 2 nitrogen and oxygen atoms in total. The summed E-state index contributed by atoms with van der Waals surface area (Å²) in [5.41, 5.74) is 7.87. The van der Waals surface area contributed by atoms with E-state index in [9.17, 15) is 0 Å². The van der Waals surface area contributed by atoms with E-state index in [0.29, 0.717) is 0 Å². The fourth-order valence-electron chi connectivity index (χ4n) is 0.915. The van der Waals surface area contributed by atoms with Gasteiger partial charge in [0.05, 0.1) is 10.7 Å². The van der Waals surface area contributed by atoms with Crippen LogP contribution in [0.5, 0.6) is 0 Å². The normalized spacial score (nSPS) is 9.73. The van der Waals surface area contributed by atoms with E-state index in [0.717, 1.165) is 16.3 Å². The lowest BCUT2D eigenvalue weighted by atomic mass is 10.2. The van der Waals surface area contributed by atoms with Crippen molar-refractivity contribution in [1.82, 2.24) is 5.43 Å². The highest BCUT2D eigenvalue weighted by Gasteiger charge is 1.99. The molecule has 0 saturated carbocycles. The monoisotopic (exact) mass is 170 g/mol. The third kappa shape index (κ3) is 1.85. The Labute approximate surface area is 71.5 Å². The van der Waals surface area contributed by atoms with Gasteiger partial charge in [-0.15, -0.1) is 0 Å². The number of hydrogen-bond donors (Lipinski definition) is 2. The molecule has 1 aromatic rings. The second kappa shape index (κ2) is 3.60. The van der Waals surface area contributed by atoms with Crippen molar-refractivity contribution in [3.8, 4) is 0 Å². The van der Waals surface area contributed by atoms with Crippen molar-refractivity contribution in [3.05, 3.63) is 28.8 Å². The van der Waals surface area contributed by atoms with Gasteiger partial charge in [0.15, 0.2) is 0 Å². The Hall–Kier alpha value is -0.730. The molecule has 1 rings (SSSR count). The zero-order valence-electron chi connectivity index (χ0n) is 6.61. The third-order valence-electron chi connectivity index (χ3n) is 1.47. The predicted molar refractivity (Wildman–Crippen MR) is 48.9 cm³/mol. The van der Waals surface area contributed by atoms with Gasteiger partial charge in [-0.25, -0.2) is 5.43 Å². The minimum absolute atomic E-state index is 0.736. The van der Waals surface area contributed by atoms with Gasteiger partial charge in [0.1, 0.15) is 0 Å². The Kier molecular flexibility index (Phi) is 2.74. The zero-order valence-corrected chi connectivity index (χ0v) is 7.37. The van der Waals surface area contributed by atoms with Crippen LogP contribution in [0.3, 0.4) is 0 Å². The van der Waals surface area contributed by atoms with Crippen LogP contribution < -0.4 is 10.9 Å². The van der Waals surface area contributed by atoms with Crippen LogP contribution in [0.4, 0.5) is 5.69 Å². The van der Waals surface area contributed by atoms with Crippen LogP contribution in [0.25, 0.3) is 0 Å². The van der Waals surface area contributed by atoms with E-state index in [1.807, 2.05) is 32.2 Å². The van der Waals surface area contributed by atoms with Crippen LogP contribution in [0.15, 0.2) is 18.2 Å². The standard InChI is InChI=1S/C8H11ClN2/c1-6-4-3-5-7(9)8(6)11-10-2/h3-5,10-11H,1-2H3. The Bertz CT molecular complexity index is 228. The maximum absolute atomic E-state index is 5.91. The fraction of sp³-hybridized carbons (Fsp3) is 0.250. The molecule has 0 spiro atoms. The quantitative estimate of drug-likeness (QED) is 0.665. The summed E-state index contributed by atoms with van der Waals surface area (Å²) in [4.78, 5) is 0. The molecular weight excluding hydrogens is 160 g/mol. The summed E-state index contributed by atoms with van der Waals surface area (Å²) >= 11 is 5.91. The van der Waals surface area contributed by atoms with Gasteiger partial charge in [-0.2, -0.15) is 0 Å². The van der Waals surface area contributed by atoms with Gasteiger partial charge in [0.25, 0.3) is 0 Å². The first-order valence-corrected chi connectivity index (χ1v) is 3.81. The largest absolute Gasteiger partial charge is 0.320 e. The SMILES string of the molecule is CNNc1c(C)cccc1Cl. The molecule has 0 atom stereocenters. The highest BCUT2D eigenvalue weighted by Crippen LogP contribution is 2.23. The first-order valence-electron chi connectivity index (χ1n) is 3.43. The van der Waals surface area contributed by atoms with Crippen molar-refractivity contribution in [2.75, 3.05) is 12.5 Å². The summed E-state index contributed by atoms with van der Waals surface area (Å²) in [5, 5.41) is 0.736. The molecule has 0 aromatic heterocycles. The molecule has 0 unspecified atom stereocenters. The van der Waals surface area contributed by atoms with E-state index in [1.54, 1.807) is 0 Å². The number of benzene rings is 1. The van der Waals surface area contributed by atoms with E-state index in [-0.39, 0.29) is 0 Å². The van der Waals surface area contributed by atoms with Crippen molar-refractivity contribution in [2.45, 2.75) is 6.92 Å². The lowest BCUT2D eigenvalue weighted by Crippen LogP contribution is -2.16. The first kappa shape index (κ1) is 8.37. The molecule has 0 aliphatic rings. The van der Waals surface area contributed by atoms with Crippen LogP contribution in [0.2, 0.25) is 5.02 Å². The Morgan fingerprint density at radius 3 is 2.64 bits per heavy atom. The van der Waals surface area contributed by atoms with Gasteiger partial charge in [-0.05, 0) is 18.6 Å². The van der Waals surface area contributed by atoms with Crippen molar-refractivity contribution >= 4 is 17.3 Å². The van der Waals surface area contributed by atoms with Crippen LogP contribution in [-0.4, -0.2) is 7.05 Å². The van der Waals surface area contributed by atoms with Gasteiger partial charge in [-0.1, -0.05) is 23.7 Å². The highest BCUT2D eigenvalue weighted by atomic mass is 35.5. The molecule has 0 aliphatic heterocycles. The lowest BCUT2D eigenvalue weighted by molar-refractivity contribution is 0.980. The van der Waals surface area contributed by atoms with Gasteiger partial charge >= 0.3 is 0 Å². The minimum atomic E-state index is 0.736. The maximum Gasteiger partial charge on any atom is 0.0703 e. The number of para-hydroxylation sites is 1. The summed E-state index contributed by atoms with van der Waals surface area (Å²) < 4.78 is 0. The van der Waals surface area contributed by atoms with E-state index < -0.39 is 0 Å². The molecule has 0 bridgehead atoms. The number of aryl methyl sites for hydroxylation is 1. The molecule has 0 heterocycles. The van der Waals surface area contributed by atoms with Crippen LogP contribution in [0.1, 0.15) is 5.56 Å². The zero-order chi connectivity index (χ0) is 8.27. The average molecular weight is 171 g/mol. The van der Waals surface area contributed by atoms with Crippen molar-refractivity contribution in [2.24, 2.45) is 0 Å². The number of hydrazine groups is 1. The Morgan fingerprint density at radius 1 is 1.36 bits per heavy atom. The molecule has 0 aliphatic carbocycles. The summed E-state index contributed by atoms with van der Waals surface area (Å²) in [6.45, 7) is 2.01. The molecule has 0 fully saturated rings. The molecule has 0 saturated heterocycles. The molecule has 3 heteroatoms. The summed E-state index contributed by atoms with van der Waals surface area (Å²) in [6.07, 6.45) is 0. The van der Waals surface area contributed by atoms with Gasteiger partial charge in [-0.3, -0.25) is 0 Å². The lowest BCUT2D eigenvalue weighted by Gasteiger charge is -2.08. The average Bonchev–Trinajstić information content (AvgIpc) is 1.97. The smallest absolute Gasteiger partial charge is 0.0703 e. The van der Waals surface area contributed by atoms with E-state index in [2.05, 4.69) is 10.9 Å². The maximum atomic E-state index is 5.91. The fourth-order valence-corrected chi connectivity index (χ4v) is 1.18. The van der Waals surface area contributed by atoms with Crippen LogP contribution >= 0.6 is 11.6 Å². The van der Waals surface area contributed by atoms with Crippen molar-refractivity contribution in [1.29, 1.82) is 0 Å². The number of nitrogens with one attached hydrogen (secondary N) is 2. The minimum Gasteiger partial charge on any atom is -0.320 e. The van der Waals surface area contributed by atoms with E-state index in [1.165, 1.54) is 0 Å². The summed E-state index contributed by atoms with van der Waals surface area (Å²) in [7, 11) is 1.81. The molecule has 0 amide bonds. The van der Waals surface area contributed by atoms with Gasteiger partial charge in [0, 0.05) is 7.05 Å². The Balaban J connectivity index is 3.00.